The van der Waals surface area contributed by atoms with Gasteiger partial charge in [-0.3, -0.25) is 18.9 Å². The van der Waals surface area contributed by atoms with Gasteiger partial charge in [-0.2, -0.15) is 0 Å². The number of nitrogens with one attached hydrogen (secondary N) is 1. The SMILES string of the molecule is CCCCCCCCCCCCCCCC(=O)O[C@H](COC(=O)CCCCCCCCCNC(C)=O)COP(=O)(O)O. The molecule has 0 saturated carbocycles. The lowest BCUT2D eigenvalue weighted by Crippen LogP contribution is -2.29. The molecule has 0 aliphatic carbocycles. The fourth-order valence-corrected chi connectivity index (χ4v) is 4.99. The van der Waals surface area contributed by atoms with Crippen molar-refractivity contribution in [2.45, 2.75) is 161 Å². The Balaban J connectivity index is 3.99. The molecule has 3 N–H and O–H groups in total. The number of carbonyl (C=O) groups excluding carboxylic acids is 3. The van der Waals surface area contributed by atoms with Gasteiger partial charge in [0.1, 0.15) is 6.61 Å². The van der Waals surface area contributed by atoms with Crippen LogP contribution < -0.4 is 5.32 Å². The monoisotopic (exact) mass is 621 g/mol. The first-order valence-corrected chi connectivity index (χ1v) is 18.0. The number of ether oxygens (including phenoxy) is 2. The normalized spacial score (nSPS) is 12.2. The topological polar surface area (TPSA) is 148 Å². The number of hydrogen-bond acceptors (Lipinski definition) is 7. The minimum absolute atomic E-state index is 0.00860. The van der Waals surface area contributed by atoms with E-state index in [0.29, 0.717) is 19.4 Å². The highest BCUT2D eigenvalue weighted by Crippen LogP contribution is 2.35. The van der Waals surface area contributed by atoms with Crippen LogP contribution in [0.5, 0.6) is 0 Å². The average molecular weight is 622 g/mol. The van der Waals surface area contributed by atoms with E-state index < -0.39 is 32.5 Å². The Morgan fingerprint density at radius 1 is 0.643 bits per heavy atom. The first-order chi connectivity index (χ1) is 20.1. The Bertz CT molecular complexity index is 729. The Hall–Kier alpha value is -1.48. The molecule has 0 fully saturated rings. The zero-order valence-corrected chi connectivity index (χ0v) is 27.3. The summed E-state index contributed by atoms with van der Waals surface area (Å²) < 4.78 is 26.1. The van der Waals surface area contributed by atoms with Gasteiger partial charge < -0.3 is 24.6 Å². The van der Waals surface area contributed by atoms with Crippen molar-refractivity contribution in [1.82, 2.24) is 5.32 Å². The van der Waals surface area contributed by atoms with Crippen LogP contribution in [-0.4, -0.2) is 53.5 Å². The van der Waals surface area contributed by atoms with Crippen molar-refractivity contribution in [2.24, 2.45) is 0 Å². The van der Waals surface area contributed by atoms with Crippen LogP contribution in [0.2, 0.25) is 0 Å². The van der Waals surface area contributed by atoms with E-state index in [2.05, 4.69) is 16.8 Å². The average Bonchev–Trinajstić information content (AvgIpc) is 2.93. The molecule has 0 aliphatic rings. The summed E-state index contributed by atoms with van der Waals surface area (Å²) in [4.78, 5) is 53.2. The van der Waals surface area contributed by atoms with Crippen molar-refractivity contribution >= 4 is 25.7 Å². The van der Waals surface area contributed by atoms with Crippen LogP contribution in [-0.2, 0) is 32.9 Å². The van der Waals surface area contributed by atoms with Gasteiger partial charge in [0.15, 0.2) is 6.10 Å². The summed E-state index contributed by atoms with van der Waals surface area (Å²) in [6.07, 6.45) is 21.6. The summed E-state index contributed by atoms with van der Waals surface area (Å²) in [5, 5.41) is 2.78. The molecule has 0 unspecified atom stereocenters. The minimum Gasteiger partial charge on any atom is -0.462 e. The number of hydrogen-bond donors (Lipinski definition) is 3. The zero-order chi connectivity index (χ0) is 31.3. The summed E-state index contributed by atoms with van der Waals surface area (Å²) >= 11 is 0. The van der Waals surface area contributed by atoms with Gasteiger partial charge in [0, 0.05) is 26.3 Å². The summed E-state index contributed by atoms with van der Waals surface area (Å²) in [6, 6.07) is 0. The number of phosphoric acid groups is 1. The zero-order valence-electron chi connectivity index (χ0n) is 26.5. The lowest BCUT2D eigenvalue weighted by Gasteiger charge is -2.18. The maximum absolute atomic E-state index is 12.3. The van der Waals surface area contributed by atoms with E-state index in [0.717, 1.165) is 57.8 Å². The van der Waals surface area contributed by atoms with Crippen LogP contribution >= 0.6 is 7.82 Å². The lowest BCUT2D eigenvalue weighted by molar-refractivity contribution is -0.161. The van der Waals surface area contributed by atoms with Gasteiger partial charge in [-0.1, -0.05) is 116 Å². The van der Waals surface area contributed by atoms with Gasteiger partial charge in [-0.05, 0) is 19.3 Å². The van der Waals surface area contributed by atoms with E-state index in [1.165, 1.54) is 64.7 Å². The van der Waals surface area contributed by atoms with Crippen LogP contribution in [0.1, 0.15) is 155 Å². The van der Waals surface area contributed by atoms with Gasteiger partial charge in [-0.15, -0.1) is 0 Å². The Morgan fingerprint density at radius 3 is 1.52 bits per heavy atom. The number of carbonyl (C=O) groups is 3. The molecule has 0 radical (unpaired) electrons. The molecule has 0 spiro atoms. The van der Waals surface area contributed by atoms with Crippen LogP contribution in [0, 0.1) is 0 Å². The molecule has 0 aliphatic heterocycles. The van der Waals surface area contributed by atoms with Gasteiger partial charge in [0.05, 0.1) is 6.61 Å². The number of unbranched alkanes of at least 4 members (excludes halogenated alkanes) is 18. The highest BCUT2D eigenvalue weighted by atomic mass is 31.2. The molecule has 248 valence electrons. The van der Waals surface area contributed by atoms with Gasteiger partial charge in [0.2, 0.25) is 5.91 Å². The molecule has 0 rings (SSSR count). The summed E-state index contributed by atoms with van der Waals surface area (Å²) in [7, 11) is -4.75. The molecule has 0 aromatic carbocycles. The largest absolute Gasteiger partial charge is 0.469 e. The van der Waals surface area contributed by atoms with Gasteiger partial charge >= 0.3 is 19.8 Å². The highest BCUT2D eigenvalue weighted by molar-refractivity contribution is 7.46. The van der Waals surface area contributed by atoms with Crippen LogP contribution in [0.3, 0.4) is 0 Å². The summed E-state index contributed by atoms with van der Waals surface area (Å²) in [5.74, 6) is -0.949. The van der Waals surface area contributed by atoms with Crippen LogP contribution in [0.25, 0.3) is 0 Å². The minimum atomic E-state index is -4.75. The molecule has 0 heterocycles. The van der Waals surface area contributed by atoms with Crippen LogP contribution in [0.4, 0.5) is 0 Å². The molecule has 1 atom stereocenters. The standard InChI is InChI=1S/C31H60NO9P/c1-3-4-5-6-7-8-9-10-11-12-14-18-21-24-31(35)41-29(27-40-42(36,37)38)26-39-30(34)23-20-17-15-13-16-19-22-25-32-28(2)33/h29H,3-27H2,1-2H3,(H,32,33)(H2,36,37,38)/t29-/m1/s1. The maximum Gasteiger partial charge on any atom is 0.469 e. The Labute approximate surface area is 254 Å². The predicted molar refractivity (Wildman–Crippen MR) is 165 cm³/mol. The molecule has 0 bridgehead atoms. The number of phosphoric ester groups is 1. The third kappa shape index (κ3) is 31.5. The molecule has 0 aromatic rings. The molecule has 42 heavy (non-hydrogen) atoms. The molecule has 0 aromatic heterocycles. The van der Waals surface area contributed by atoms with Gasteiger partial charge in [0.25, 0.3) is 0 Å². The fraction of sp³-hybridized carbons (Fsp3) is 0.903. The van der Waals surface area contributed by atoms with Crippen molar-refractivity contribution < 1.29 is 42.7 Å². The van der Waals surface area contributed by atoms with E-state index in [4.69, 9.17) is 19.3 Å². The molecule has 1 amide bonds. The Morgan fingerprint density at radius 2 is 1.07 bits per heavy atom. The van der Waals surface area contributed by atoms with E-state index in [1.807, 2.05) is 0 Å². The molecule has 11 heteroatoms. The van der Waals surface area contributed by atoms with E-state index in [-0.39, 0.29) is 25.4 Å². The third-order valence-corrected chi connectivity index (χ3v) is 7.56. The second kappa shape index (κ2) is 28.3. The molecule has 0 saturated heterocycles. The van der Waals surface area contributed by atoms with Gasteiger partial charge in [-0.25, -0.2) is 4.57 Å². The second-order valence-electron chi connectivity index (χ2n) is 11.3. The summed E-state index contributed by atoms with van der Waals surface area (Å²) in [6.45, 7) is 3.59. The first-order valence-electron chi connectivity index (χ1n) is 16.4. The molecule has 10 nitrogen and oxygen atoms in total. The van der Waals surface area contributed by atoms with Crippen molar-refractivity contribution in [3.05, 3.63) is 0 Å². The smallest absolute Gasteiger partial charge is 0.462 e. The quantitative estimate of drug-likeness (QED) is 0.0427. The van der Waals surface area contributed by atoms with E-state index in [9.17, 15) is 18.9 Å². The number of rotatable bonds is 30. The van der Waals surface area contributed by atoms with Crippen molar-refractivity contribution in [1.29, 1.82) is 0 Å². The van der Waals surface area contributed by atoms with E-state index in [1.54, 1.807) is 0 Å². The predicted octanol–water partition coefficient (Wildman–Crippen LogP) is 7.29. The second-order valence-corrected chi connectivity index (χ2v) is 12.5. The van der Waals surface area contributed by atoms with Crippen molar-refractivity contribution in [2.75, 3.05) is 19.8 Å². The first kappa shape index (κ1) is 40.5. The molecular formula is C31H60NO9P. The number of amides is 1. The third-order valence-electron chi connectivity index (χ3n) is 7.07. The lowest BCUT2D eigenvalue weighted by atomic mass is 10.0. The Kier molecular flexibility index (Phi) is 27.3. The highest BCUT2D eigenvalue weighted by Gasteiger charge is 2.22. The molecular weight excluding hydrogens is 561 g/mol. The summed E-state index contributed by atoms with van der Waals surface area (Å²) in [5.41, 5.74) is 0. The number of esters is 2. The van der Waals surface area contributed by atoms with Crippen LogP contribution in [0.15, 0.2) is 0 Å². The maximum atomic E-state index is 12.3. The fourth-order valence-electron chi connectivity index (χ4n) is 4.63. The van der Waals surface area contributed by atoms with E-state index >= 15 is 0 Å². The van der Waals surface area contributed by atoms with Crippen molar-refractivity contribution in [3.8, 4) is 0 Å². The van der Waals surface area contributed by atoms with Crippen molar-refractivity contribution in [3.63, 3.8) is 0 Å².